The van der Waals surface area contributed by atoms with Crippen LogP contribution >= 0.6 is 0 Å². The van der Waals surface area contributed by atoms with Gasteiger partial charge in [-0.1, -0.05) is 18.2 Å². The lowest BCUT2D eigenvalue weighted by molar-refractivity contribution is 0.0997. The topological polar surface area (TPSA) is 94.5 Å². The highest BCUT2D eigenvalue weighted by molar-refractivity contribution is 6.04. The maximum Gasteiger partial charge on any atom is 0.269 e. The number of rotatable bonds is 1. The first-order valence-corrected chi connectivity index (χ1v) is 3.85. The molecule has 1 N–H and O–H groups in total. The maximum absolute atomic E-state index is 11.2. The van der Waals surface area contributed by atoms with Crippen LogP contribution in [0.4, 0.5) is 0 Å². The van der Waals surface area contributed by atoms with E-state index >= 15 is 0 Å². The summed E-state index contributed by atoms with van der Waals surface area (Å²) >= 11 is 0. The van der Waals surface area contributed by atoms with Gasteiger partial charge in [-0.15, -0.1) is 0 Å². The minimum absolute atomic E-state index is 0.151. The van der Waals surface area contributed by atoms with E-state index in [2.05, 4.69) is 20.2 Å². The summed E-state index contributed by atoms with van der Waals surface area (Å²) in [4.78, 5) is 13.6. The number of H-pyrrole nitrogens is 1. The van der Waals surface area contributed by atoms with Crippen molar-refractivity contribution in [1.82, 2.24) is 10.2 Å². The Balaban J connectivity index is 2.64. The van der Waals surface area contributed by atoms with Crippen LogP contribution in [0, 0.1) is 0 Å². The van der Waals surface area contributed by atoms with Crippen LogP contribution in [0.25, 0.3) is 21.3 Å². The molecule has 6 nitrogen and oxygen atoms in total. The molecule has 0 aliphatic rings. The van der Waals surface area contributed by atoms with Crippen LogP contribution in [0.1, 0.15) is 10.5 Å². The zero-order chi connectivity index (χ0) is 9.97. The molecule has 0 atom stereocenters. The fourth-order valence-electron chi connectivity index (χ4n) is 1.21. The van der Waals surface area contributed by atoms with Crippen LogP contribution in [0.5, 0.6) is 0 Å². The van der Waals surface area contributed by atoms with Gasteiger partial charge in [0.25, 0.3) is 5.91 Å². The largest absolute Gasteiger partial charge is 0.285 e. The summed E-state index contributed by atoms with van der Waals surface area (Å²) in [7, 11) is 0. The van der Waals surface area contributed by atoms with E-state index in [1.54, 1.807) is 18.2 Å². The summed E-state index contributed by atoms with van der Waals surface area (Å²) in [6.07, 6.45) is 0. The van der Waals surface area contributed by atoms with Gasteiger partial charge in [-0.25, -0.2) is 0 Å². The molecular weight excluding hydrogens is 182 g/mol. The van der Waals surface area contributed by atoms with Gasteiger partial charge < -0.3 is 0 Å². The lowest BCUT2D eigenvalue weighted by Crippen LogP contribution is -1.93. The second kappa shape index (κ2) is 3.20. The molecule has 0 fully saturated rings. The molecule has 0 saturated carbocycles. The molecule has 2 aromatic rings. The zero-order valence-electron chi connectivity index (χ0n) is 7.01. The van der Waals surface area contributed by atoms with E-state index in [9.17, 15) is 4.79 Å². The van der Waals surface area contributed by atoms with Gasteiger partial charge in [0.2, 0.25) is 0 Å². The molecule has 1 heterocycles. The number of nitrogens with zero attached hydrogens (tertiary/aromatic N) is 4. The third kappa shape index (κ3) is 1.19. The SMILES string of the molecule is [N-]=[N+]=NC(=O)c1n[nH]c2ccccc12. The van der Waals surface area contributed by atoms with Crippen LogP contribution in [0.15, 0.2) is 29.4 Å². The first kappa shape index (κ1) is 8.28. The number of amides is 1. The molecule has 0 aliphatic heterocycles. The van der Waals surface area contributed by atoms with Gasteiger partial charge in [-0.05, 0) is 16.7 Å². The second-order valence-corrected chi connectivity index (χ2v) is 2.61. The molecule has 1 aromatic carbocycles. The summed E-state index contributed by atoms with van der Waals surface area (Å²) in [5.41, 5.74) is 9.00. The number of aromatic nitrogens is 2. The smallest absolute Gasteiger partial charge is 0.269 e. The number of carbonyl (C=O) groups is 1. The lowest BCUT2D eigenvalue weighted by Gasteiger charge is -1.88. The molecule has 0 radical (unpaired) electrons. The van der Waals surface area contributed by atoms with Gasteiger partial charge in [0.1, 0.15) is 5.69 Å². The van der Waals surface area contributed by atoms with E-state index in [-0.39, 0.29) is 5.69 Å². The number of carbonyl (C=O) groups excluding carboxylic acids is 1. The Hall–Kier alpha value is -2.33. The molecule has 6 heteroatoms. The van der Waals surface area contributed by atoms with Crippen molar-refractivity contribution >= 4 is 16.8 Å². The third-order valence-corrected chi connectivity index (χ3v) is 1.81. The molecule has 0 saturated heterocycles. The Morgan fingerprint density at radius 2 is 2.29 bits per heavy atom. The molecule has 1 aromatic heterocycles. The molecular formula is C8H5N5O. The fraction of sp³-hybridized carbons (Fsp3) is 0. The molecule has 0 bridgehead atoms. The Kier molecular flexibility index (Phi) is 1.89. The third-order valence-electron chi connectivity index (χ3n) is 1.81. The minimum Gasteiger partial charge on any atom is -0.285 e. The summed E-state index contributed by atoms with van der Waals surface area (Å²) in [6, 6.07) is 7.13. The molecule has 68 valence electrons. The first-order chi connectivity index (χ1) is 6.83. The van der Waals surface area contributed by atoms with E-state index in [0.717, 1.165) is 5.52 Å². The fourth-order valence-corrected chi connectivity index (χ4v) is 1.21. The number of hydrogen-bond acceptors (Lipinski definition) is 2. The van der Waals surface area contributed by atoms with Crippen molar-refractivity contribution in [3.63, 3.8) is 0 Å². The van der Waals surface area contributed by atoms with E-state index in [0.29, 0.717) is 5.39 Å². The average Bonchev–Trinajstić information content (AvgIpc) is 2.61. The number of para-hydroxylation sites is 1. The number of hydrogen-bond donors (Lipinski definition) is 1. The van der Waals surface area contributed by atoms with Crippen LogP contribution < -0.4 is 0 Å². The number of nitrogens with one attached hydrogen (secondary N) is 1. The van der Waals surface area contributed by atoms with E-state index in [1.165, 1.54) is 0 Å². The summed E-state index contributed by atoms with van der Waals surface area (Å²) < 4.78 is 0. The van der Waals surface area contributed by atoms with Crippen LogP contribution in [-0.2, 0) is 0 Å². The summed E-state index contributed by atoms with van der Waals surface area (Å²) in [5, 5.41) is 10.1. The molecule has 14 heavy (non-hydrogen) atoms. The Labute approximate surface area is 78.2 Å². The normalized spacial score (nSPS) is 9.71. The van der Waals surface area contributed by atoms with Crippen LogP contribution in [-0.4, -0.2) is 16.1 Å². The van der Waals surface area contributed by atoms with Crippen LogP contribution in [0.3, 0.4) is 0 Å². The average molecular weight is 187 g/mol. The van der Waals surface area contributed by atoms with Crippen molar-refractivity contribution in [3.8, 4) is 0 Å². The highest BCUT2D eigenvalue weighted by Crippen LogP contribution is 2.15. The van der Waals surface area contributed by atoms with Crippen molar-refractivity contribution < 1.29 is 4.79 Å². The van der Waals surface area contributed by atoms with E-state index < -0.39 is 5.91 Å². The van der Waals surface area contributed by atoms with Gasteiger partial charge in [0.15, 0.2) is 0 Å². The Morgan fingerprint density at radius 3 is 3.07 bits per heavy atom. The quantitative estimate of drug-likeness (QED) is 0.420. The van der Waals surface area contributed by atoms with Gasteiger partial charge in [-0.2, -0.15) is 5.10 Å². The molecule has 1 amide bonds. The minimum atomic E-state index is -0.676. The first-order valence-electron chi connectivity index (χ1n) is 3.85. The molecule has 0 aliphatic carbocycles. The highest BCUT2D eigenvalue weighted by atomic mass is 16.1. The van der Waals surface area contributed by atoms with Crippen molar-refractivity contribution in [1.29, 1.82) is 0 Å². The number of aromatic amines is 1. The van der Waals surface area contributed by atoms with E-state index in [4.69, 9.17) is 5.53 Å². The monoisotopic (exact) mass is 187 g/mol. The van der Waals surface area contributed by atoms with E-state index in [1.807, 2.05) is 6.07 Å². The lowest BCUT2D eigenvalue weighted by atomic mass is 10.2. The van der Waals surface area contributed by atoms with Gasteiger partial charge >= 0.3 is 0 Å². The number of azide groups is 1. The molecule has 0 spiro atoms. The van der Waals surface area contributed by atoms with Crippen molar-refractivity contribution in [2.75, 3.05) is 0 Å². The standard InChI is InChI=1S/C8H5N5O/c9-13-12-8(14)7-5-3-1-2-4-6(5)10-11-7/h1-4H,(H,10,11). The Morgan fingerprint density at radius 1 is 1.50 bits per heavy atom. The van der Waals surface area contributed by atoms with Gasteiger partial charge in [0, 0.05) is 10.3 Å². The highest BCUT2D eigenvalue weighted by Gasteiger charge is 2.11. The zero-order valence-corrected chi connectivity index (χ0v) is 7.01. The maximum atomic E-state index is 11.2. The summed E-state index contributed by atoms with van der Waals surface area (Å²) in [5.74, 6) is -0.676. The van der Waals surface area contributed by atoms with Crippen molar-refractivity contribution in [2.45, 2.75) is 0 Å². The second-order valence-electron chi connectivity index (χ2n) is 2.61. The van der Waals surface area contributed by atoms with Gasteiger partial charge in [-0.3, -0.25) is 9.89 Å². The molecule has 0 unspecified atom stereocenters. The van der Waals surface area contributed by atoms with Crippen LogP contribution in [0.2, 0.25) is 0 Å². The van der Waals surface area contributed by atoms with Crippen molar-refractivity contribution in [2.24, 2.45) is 5.11 Å². The Bertz CT molecular complexity index is 537. The van der Waals surface area contributed by atoms with Crippen molar-refractivity contribution in [3.05, 3.63) is 40.4 Å². The molecule has 2 rings (SSSR count). The number of benzene rings is 1. The number of fused-ring (bicyclic) bond motifs is 1. The predicted octanol–water partition coefficient (Wildman–Crippen LogP) is 2.01. The predicted molar refractivity (Wildman–Crippen MR) is 49.6 cm³/mol. The summed E-state index contributed by atoms with van der Waals surface area (Å²) in [6.45, 7) is 0. The van der Waals surface area contributed by atoms with Gasteiger partial charge in [0.05, 0.1) is 5.52 Å².